The van der Waals surface area contributed by atoms with E-state index in [4.69, 9.17) is 4.74 Å². The molecular weight excluding hydrogens is 256 g/mol. The van der Waals surface area contributed by atoms with Crippen LogP contribution in [0, 0.1) is 0 Å². The third-order valence-electron chi connectivity index (χ3n) is 4.06. The Morgan fingerprint density at radius 1 is 1.40 bits per heavy atom. The molecule has 0 bridgehead atoms. The van der Waals surface area contributed by atoms with Gasteiger partial charge in [0, 0.05) is 13.7 Å². The van der Waals surface area contributed by atoms with Gasteiger partial charge in [-0.25, -0.2) is 0 Å². The van der Waals surface area contributed by atoms with Crippen molar-refractivity contribution in [2.75, 3.05) is 25.2 Å². The average Bonchev–Trinajstić information content (AvgIpc) is 3.05. The van der Waals surface area contributed by atoms with Crippen molar-refractivity contribution in [2.45, 2.75) is 38.1 Å². The van der Waals surface area contributed by atoms with Crippen molar-refractivity contribution in [1.82, 2.24) is 25.3 Å². The van der Waals surface area contributed by atoms with Gasteiger partial charge in [0.05, 0.1) is 12.1 Å². The highest BCUT2D eigenvalue weighted by atomic mass is 16.5. The zero-order valence-electron chi connectivity index (χ0n) is 12.0. The van der Waals surface area contributed by atoms with Crippen LogP contribution in [0.25, 0.3) is 5.65 Å². The SMILES string of the molecule is CCCC1(COC)CCCN1c1ccc2nnnn2n1. The third kappa shape index (κ3) is 2.11. The monoisotopic (exact) mass is 276 g/mol. The predicted octanol–water partition coefficient (Wildman–Crippen LogP) is 1.30. The average molecular weight is 276 g/mol. The zero-order chi connectivity index (χ0) is 14.0. The quantitative estimate of drug-likeness (QED) is 0.820. The maximum atomic E-state index is 5.49. The molecular formula is C13H20N6O. The van der Waals surface area contributed by atoms with E-state index in [-0.39, 0.29) is 5.54 Å². The van der Waals surface area contributed by atoms with Crippen molar-refractivity contribution in [3.8, 4) is 0 Å². The number of fused-ring (bicyclic) bond motifs is 1. The number of tetrazole rings is 1. The van der Waals surface area contributed by atoms with Crippen LogP contribution < -0.4 is 4.90 Å². The van der Waals surface area contributed by atoms with E-state index in [2.05, 4.69) is 32.4 Å². The van der Waals surface area contributed by atoms with Crippen molar-refractivity contribution in [1.29, 1.82) is 0 Å². The van der Waals surface area contributed by atoms with E-state index < -0.39 is 0 Å². The highest BCUT2D eigenvalue weighted by molar-refractivity contribution is 5.47. The highest BCUT2D eigenvalue weighted by Gasteiger charge is 2.41. The number of aromatic nitrogens is 5. The summed E-state index contributed by atoms with van der Waals surface area (Å²) in [6, 6.07) is 3.90. The van der Waals surface area contributed by atoms with Crippen LogP contribution in [0.2, 0.25) is 0 Å². The number of nitrogens with zero attached hydrogens (tertiary/aromatic N) is 6. The maximum Gasteiger partial charge on any atom is 0.200 e. The molecule has 1 aliphatic heterocycles. The Bertz CT molecular complexity index is 577. The van der Waals surface area contributed by atoms with E-state index in [0.29, 0.717) is 5.65 Å². The van der Waals surface area contributed by atoms with Crippen LogP contribution >= 0.6 is 0 Å². The van der Waals surface area contributed by atoms with Crippen molar-refractivity contribution in [3.63, 3.8) is 0 Å². The molecule has 20 heavy (non-hydrogen) atoms. The minimum Gasteiger partial charge on any atom is -0.382 e. The minimum absolute atomic E-state index is 0.0538. The van der Waals surface area contributed by atoms with Crippen LogP contribution in [0.15, 0.2) is 12.1 Å². The fourth-order valence-corrected chi connectivity index (χ4v) is 3.30. The molecule has 0 N–H and O–H groups in total. The highest BCUT2D eigenvalue weighted by Crippen LogP contribution is 2.36. The molecule has 1 fully saturated rings. The van der Waals surface area contributed by atoms with Crippen LogP contribution in [0.4, 0.5) is 5.82 Å². The van der Waals surface area contributed by atoms with E-state index in [9.17, 15) is 0 Å². The van der Waals surface area contributed by atoms with Gasteiger partial charge < -0.3 is 9.64 Å². The molecule has 0 aliphatic carbocycles. The normalized spacial score (nSPS) is 22.8. The van der Waals surface area contributed by atoms with Gasteiger partial charge in [-0.3, -0.25) is 0 Å². The Hall–Kier alpha value is -1.76. The van der Waals surface area contributed by atoms with Gasteiger partial charge in [0.1, 0.15) is 0 Å². The van der Waals surface area contributed by atoms with Crippen molar-refractivity contribution >= 4 is 11.5 Å². The standard InChI is InChI=1S/C13H20N6O/c1-3-7-13(10-20-2)8-4-9-18(13)12-6-5-11-14-16-17-19(11)15-12/h5-6H,3-4,7-10H2,1-2H3. The Labute approximate surface area is 117 Å². The first-order valence-corrected chi connectivity index (χ1v) is 7.11. The molecule has 1 atom stereocenters. The van der Waals surface area contributed by atoms with Crippen LogP contribution in [0.5, 0.6) is 0 Å². The molecule has 7 heteroatoms. The molecule has 1 unspecified atom stereocenters. The number of rotatable bonds is 5. The summed E-state index contributed by atoms with van der Waals surface area (Å²) in [6.45, 7) is 3.95. The lowest BCUT2D eigenvalue weighted by Crippen LogP contribution is -2.48. The first kappa shape index (κ1) is 13.2. The number of ether oxygens (including phenoxy) is 1. The van der Waals surface area contributed by atoms with Crippen LogP contribution in [0.3, 0.4) is 0 Å². The van der Waals surface area contributed by atoms with E-state index in [1.165, 1.54) is 11.1 Å². The summed E-state index contributed by atoms with van der Waals surface area (Å²) >= 11 is 0. The Kier molecular flexibility index (Phi) is 3.52. The summed E-state index contributed by atoms with van der Waals surface area (Å²) in [5.41, 5.74) is 0.721. The van der Waals surface area contributed by atoms with Gasteiger partial charge >= 0.3 is 0 Å². The first-order valence-electron chi connectivity index (χ1n) is 7.11. The smallest absolute Gasteiger partial charge is 0.200 e. The second-order valence-corrected chi connectivity index (χ2v) is 5.38. The number of anilines is 1. The summed E-state index contributed by atoms with van der Waals surface area (Å²) in [4.78, 5) is 2.36. The van der Waals surface area contributed by atoms with Gasteiger partial charge in [0.25, 0.3) is 0 Å². The Balaban J connectivity index is 1.97. The predicted molar refractivity (Wildman–Crippen MR) is 74.7 cm³/mol. The van der Waals surface area contributed by atoms with Gasteiger partial charge in [-0.2, -0.15) is 0 Å². The van der Waals surface area contributed by atoms with E-state index >= 15 is 0 Å². The van der Waals surface area contributed by atoms with Crippen molar-refractivity contribution < 1.29 is 4.74 Å². The van der Waals surface area contributed by atoms with Crippen LogP contribution in [0.1, 0.15) is 32.6 Å². The lowest BCUT2D eigenvalue weighted by Gasteiger charge is -2.38. The molecule has 2 aromatic heterocycles. The molecule has 0 spiro atoms. The summed E-state index contributed by atoms with van der Waals surface area (Å²) in [6.07, 6.45) is 4.55. The summed E-state index contributed by atoms with van der Waals surface area (Å²) in [5.74, 6) is 0.924. The van der Waals surface area contributed by atoms with Crippen molar-refractivity contribution in [2.24, 2.45) is 0 Å². The van der Waals surface area contributed by atoms with Crippen LogP contribution in [-0.4, -0.2) is 51.1 Å². The van der Waals surface area contributed by atoms with E-state index in [1.54, 1.807) is 7.11 Å². The van der Waals surface area contributed by atoms with E-state index in [1.807, 2.05) is 12.1 Å². The molecule has 0 aromatic carbocycles. The van der Waals surface area contributed by atoms with E-state index in [0.717, 1.165) is 38.2 Å². The lowest BCUT2D eigenvalue weighted by atomic mass is 9.91. The molecule has 3 rings (SSSR count). The van der Waals surface area contributed by atoms with Crippen LogP contribution in [-0.2, 0) is 4.74 Å². The Morgan fingerprint density at radius 3 is 3.10 bits per heavy atom. The minimum atomic E-state index is 0.0538. The van der Waals surface area contributed by atoms with Gasteiger partial charge in [-0.05, 0) is 41.8 Å². The molecule has 1 saturated heterocycles. The molecule has 3 heterocycles. The summed E-state index contributed by atoms with van der Waals surface area (Å²) in [5, 5.41) is 15.9. The molecule has 2 aromatic rings. The zero-order valence-corrected chi connectivity index (χ0v) is 12.0. The van der Waals surface area contributed by atoms with Gasteiger partial charge in [0.2, 0.25) is 0 Å². The summed E-state index contributed by atoms with van der Waals surface area (Å²) < 4.78 is 6.97. The second kappa shape index (κ2) is 5.32. The fraction of sp³-hybridized carbons (Fsp3) is 0.692. The van der Waals surface area contributed by atoms with Gasteiger partial charge in [-0.15, -0.1) is 14.8 Å². The molecule has 0 radical (unpaired) electrons. The van der Waals surface area contributed by atoms with Gasteiger partial charge in [0.15, 0.2) is 11.5 Å². The second-order valence-electron chi connectivity index (χ2n) is 5.38. The number of hydrogen-bond acceptors (Lipinski definition) is 6. The summed E-state index contributed by atoms with van der Waals surface area (Å²) in [7, 11) is 1.77. The first-order chi connectivity index (χ1) is 9.79. The Morgan fingerprint density at radius 2 is 2.30 bits per heavy atom. The topological polar surface area (TPSA) is 68.4 Å². The molecule has 1 aliphatic rings. The third-order valence-corrected chi connectivity index (χ3v) is 4.06. The molecule has 0 amide bonds. The van der Waals surface area contributed by atoms with Gasteiger partial charge in [-0.1, -0.05) is 13.3 Å². The van der Waals surface area contributed by atoms with Crippen molar-refractivity contribution in [3.05, 3.63) is 12.1 Å². The number of hydrogen-bond donors (Lipinski definition) is 0. The molecule has 7 nitrogen and oxygen atoms in total. The lowest BCUT2D eigenvalue weighted by molar-refractivity contribution is 0.127. The molecule has 108 valence electrons. The molecule has 0 saturated carbocycles. The largest absolute Gasteiger partial charge is 0.382 e. The number of methoxy groups -OCH3 is 1. The fourth-order valence-electron chi connectivity index (χ4n) is 3.30. The maximum absolute atomic E-state index is 5.49.